The second-order valence-electron chi connectivity index (χ2n) is 4.08. The van der Waals surface area contributed by atoms with Crippen molar-refractivity contribution in [3.05, 3.63) is 54.1 Å². The first-order valence-electron chi connectivity index (χ1n) is 5.60. The number of benzene rings is 2. The van der Waals surface area contributed by atoms with Crippen LogP contribution < -0.4 is 9.64 Å². The number of amides is 1. The van der Waals surface area contributed by atoms with Crippen molar-refractivity contribution < 1.29 is 14.6 Å². The molecule has 2 aromatic rings. The number of aromatic hydroxyl groups is 1. The minimum atomic E-state index is -0.431. The van der Waals surface area contributed by atoms with E-state index in [4.69, 9.17) is 4.74 Å². The van der Waals surface area contributed by atoms with Crippen LogP contribution >= 0.6 is 0 Å². The minimum Gasteiger partial charge on any atom is -0.508 e. The van der Waals surface area contributed by atoms with Gasteiger partial charge in [-0.1, -0.05) is 18.2 Å². The number of carbonyl (C=O) groups excluding carboxylic acids is 1. The summed E-state index contributed by atoms with van der Waals surface area (Å²) in [5.74, 6) is 0.516. The van der Waals surface area contributed by atoms with E-state index in [9.17, 15) is 9.90 Å². The largest absolute Gasteiger partial charge is 0.508 e. The molecule has 0 spiro atoms. The van der Waals surface area contributed by atoms with Crippen molar-refractivity contribution >= 4 is 11.8 Å². The predicted molar refractivity (Wildman–Crippen MR) is 66.8 cm³/mol. The Morgan fingerprint density at radius 1 is 1.11 bits per heavy atom. The van der Waals surface area contributed by atoms with E-state index in [0.29, 0.717) is 12.3 Å². The number of phenols is 1. The van der Waals surface area contributed by atoms with Gasteiger partial charge in [-0.3, -0.25) is 4.90 Å². The molecule has 1 heterocycles. The van der Waals surface area contributed by atoms with Crippen LogP contribution in [-0.4, -0.2) is 11.2 Å². The van der Waals surface area contributed by atoms with Crippen molar-refractivity contribution in [2.45, 2.75) is 6.54 Å². The summed E-state index contributed by atoms with van der Waals surface area (Å²) in [6.07, 6.45) is -0.431. The van der Waals surface area contributed by atoms with Crippen LogP contribution in [0.1, 0.15) is 5.56 Å². The fourth-order valence-corrected chi connectivity index (χ4v) is 1.96. The van der Waals surface area contributed by atoms with Gasteiger partial charge >= 0.3 is 6.09 Å². The number of ether oxygens (including phenoxy) is 1. The Morgan fingerprint density at radius 2 is 1.89 bits per heavy atom. The van der Waals surface area contributed by atoms with Gasteiger partial charge in [0.2, 0.25) is 0 Å². The molecule has 1 N–H and O–H groups in total. The van der Waals surface area contributed by atoms with Gasteiger partial charge < -0.3 is 9.84 Å². The summed E-state index contributed by atoms with van der Waals surface area (Å²) >= 11 is 0. The Kier molecular flexibility index (Phi) is 2.41. The van der Waals surface area contributed by atoms with Crippen LogP contribution in [0.5, 0.6) is 11.5 Å². The highest BCUT2D eigenvalue weighted by molar-refractivity contribution is 5.90. The van der Waals surface area contributed by atoms with Crippen LogP contribution in [0.4, 0.5) is 10.5 Å². The lowest BCUT2D eigenvalue weighted by atomic mass is 10.1. The molecule has 0 fully saturated rings. The van der Waals surface area contributed by atoms with Gasteiger partial charge in [0.1, 0.15) is 11.5 Å². The molecule has 0 unspecified atom stereocenters. The lowest BCUT2D eigenvalue weighted by Gasteiger charge is -2.27. The lowest BCUT2D eigenvalue weighted by Crippen LogP contribution is -2.36. The van der Waals surface area contributed by atoms with Gasteiger partial charge in [0.05, 0.1) is 6.54 Å². The number of hydrogen-bond acceptors (Lipinski definition) is 3. The highest BCUT2D eigenvalue weighted by Gasteiger charge is 2.26. The Labute approximate surface area is 104 Å². The molecule has 4 heteroatoms. The molecule has 18 heavy (non-hydrogen) atoms. The van der Waals surface area contributed by atoms with Gasteiger partial charge in [0.25, 0.3) is 0 Å². The quantitative estimate of drug-likeness (QED) is 0.835. The number of fused-ring (bicyclic) bond motifs is 1. The SMILES string of the molecule is O=C1Oc2cc(O)ccc2CN1c1ccccc1. The van der Waals surface area contributed by atoms with E-state index in [-0.39, 0.29) is 5.75 Å². The summed E-state index contributed by atoms with van der Waals surface area (Å²) < 4.78 is 5.21. The van der Waals surface area contributed by atoms with Crippen LogP contribution in [0, 0.1) is 0 Å². The molecule has 0 atom stereocenters. The summed E-state index contributed by atoms with van der Waals surface area (Å²) in [6.45, 7) is 0.443. The molecular formula is C14H11NO3. The first-order valence-corrected chi connectivity index (χ1v) is 5.60. The Hall–Kier alpha value is -2.49. The number of anilines is 1. The molecule has 1 amide bonds. The molecule has 0 radical (unpaired) electrons. The van der Waals surface area contributed by atoms with Gasteiger partial charge in [-0.2, -0.15) is 0 Å². The van der Waals surface area contributed by atoms with Crippen LogP contribution in [-0.2, 0) is 6.54 Å². The maximum atomic E-state index is 11.9. The zero-order valence-electron chi connectivity index (χ0n) is 9.54. The molecule has 1 aliphatic rings. The molecule has 1 aliphatic heterocycles. The highest BCUT2D eigenvalue weighted by atomic mass is 16.6. The predicted octanol–water partition coefficient (Wildman–Crippen LogP) is 2.91. The highest BCUT2D eigenvalue weighted by Crippen LogP contribution is 2.31. The molecule has 0 aromatic heterocycles. The summed E-state index contributed by atoms with van der Waals surface area (Å²) in [7, 11) is 0. The fourth-order valence-electron chi connectivity index (χ4n) is 1.96. The summed E-state index contributed by atoms with van der Waals surface area (Å²) in [6, 6.07) is 14.1. The van der Waals surface area contributed by atoms with Gasteiger partial charge in [-0.15, -0.1) is 0 Å². The molecule has 90 valence electrons. The lowest BCUT2D eigenvalue weighted by molar-refractivity contribution is 0.202. The van der Waals surface area contributed by atoms with Crippen molar-refractivity contribution in [2.75, 3.05) is 4.90 Å². The molecule has 0 aliphatic carbocycles. The monoisotopic (exact) mass is 241 g/mol. The first kappa shape index (κ1) is 10.7. The fraction of sp³-hybridized carbons (Fsp3) is 0.0714. The van der Waals surface area contributed by atoms with E-state index in [2.05, 4.69) is 0 Å². The van der Waals surface area contributed by atoms with Crippen LogP contribution in [0.15, 0.2) is 48.5 Å². The molecule has 3 rings (SSSR count). The van der Waals surface area contributed by atoms with E-state index in [0.717, 1.165) is 11.3 Å². The molecule has 0 saturated carbocycles. The van der Waals surface area contributed by atoms with E-state index in [1.165, 1.54) is 6.07 Å². The Bertz CT molecular complexity index is 595. The van der Waals surface area contributed by atoms with Crippen molar-refractivity contribution in [2.24, 2.45) is 0 Å². The van der Waals surface area contributed by atoms with E-state index in [1.807, 2.05) is 30.3 Å². The van der Waals surface area contributed by atoms with Crippen LogP contribution in [0.2, 0.25) is 0 Å². The van der Waals surface area contributed by atoms with Crippen molar-refractivity contribution in [1.29, 1.82) is 0 Å². The van der Waals surface area contributed by atoms with Crippen molar-refractivity contribution in [3.8, 4) is 11.5 Å². The van der Waals surface area contributed by atoms with Crippen LogP contribution in [0.25, 0.3) is 0 Å². The Balaban J connectivity index is 1.97. The number of hydrogen-bond donors (Lipinski definition) is 1. The third kappa shape index (κ3) is 1.78. The molecular weight excluding hydrogens is 230 g/mol. The summed E-state index contributed by atoms with van der Waals surface area (Å²) in [4.78, 5) is 13.4. The number of nitrogens with zero attached hydrogens (tertiary/aromatic N) is 1. The third-order valence-corrected chi connectivity index (χ3v) is 2.86. The summed E-state index contributed by atoms with van der Waals surface area (Å²) in [5.41, 5.74) is 1.66. The number of para-hydroxylation sites is 1. The Morgan fingerprint density at radius 3 is 2.67 bits per heavy atom. The molecule has 4 nitrogen and oxygen atoms in total. The van der Waals surface area contributed by atoms with E-state index in [1.54, 1.807) is 17.0 Å². The topological polar surface area (TPSA) is 49.8 Å². The maximum Gasteiger partial charge on any atom is 0.420 e. The second-order valence-corrected chi connectivity index (χ2v) is 4.08. The van der Waals surface area contributed by atoms with Gasteiger partial charge in [0, 0.05) is 17.3 Å². The standard InChI is InChI=1S/C14H11NO3/c16-12-7-6-10-9-15(11-4-2-1-3-5-11)14(17)18-13(10)8-12/h1-8,16H,9H2. The maximum absolute atomic E-state index is 11.9. The molecule has 0 bridgehead atoms. The summed E-state index contributed by atoms with van der Waals surface area (Å²) in [5, 5.41) is 9.35. The smallest absolute Gasteiger partial charge is 0.420 e. The number of carbonyl (C=O) groups is 1. The van der Waals surface area contributed by atoms with E-state index < -0.39 is 6.09 Å². The zero-order valence-corrected chi connectivity index (χ0v) is 9.54. The zero-order chi connectivity index (χ0) is 12.5. The second kappa shape index (κ2) is 4.07. The number of phenolic OH excluding ortho intramolecular Hbond substituents is 1. The normalized spacial score (nSPS) is 14.0. The van der Waals surface area contributed by atoms with Crippen LogP contribution in [0.3, 0.4) is 0 Å². The van der Waals surface area contributed by atoms with Gasteiger partial charge in [-0.05, 0) is 24.3 Å². The molecule has 0 saturated heterocycles. The minimum absolute atomic E-state index is 0.0923. The van der Waals surface area contributed by atoms with Gasteiger partial charge in [-0.25, -0.2) is 4.79 Å². The molecule has 2 aromatic carbocycles. The number of rotatable bonds is 1. The van der Waals surface area contributed by atoms with Crippen molar-refractivity contribution in [1.82, 2.24) is 0 Å². The van der Waals surface area contributed by atoms with Crippen molar-refractivity contribution in [3.63, 3.8) is 0 Å². The van der Waals surface area contributed by atoms with E-state index >= 15 is 0 Å². The average Bonchev–Trinajstić information content (AvgIpc) is 2.39. The first-order chi connectivity index (χ1) is 8.74. The van der Waals surface area contributed by atoms with Gasteiger partial charge in [0.15, 0.2) is 0 Å². The third-order valence-electron chi connectivity index (χ3n) is 2.86. The average molecular weight is 241 g/mol.